The number of fused-ring (bicyclic) bond motifs is 1. The Morgan fingerprint density at radius 3 is 3.12 bits per heavy atom. The van der Waals surface area contributed by atoms with E-state index in [4.69, 9.17) is 5.73 Å². The zero-order chi connectivity index (χ0) is 11.7. The monoisotopic (exact) mass is 244 g/mol. The second-order valence-electron chi connectivity index (χ2n) is 3.85. The van der Waals surface area contributed by atoms with E-state index < -0.39 is 0 Å². The van der Waals surface area contributed by atoms with Crippen LogP contribution in [0.1, 0.15) is 5.56 Å². The number of aromatic nitrogens is 3. The zero-order valence-corrected chi connectivity index (χ0v) is 10.0. The van der Waals surface area contributed by atoms with Crippen LogP contribution in [0, 0.1) is 0 Å². The molecule has 4 nitrogen and oxygen atoms in total. The fourth-order valence-electron chi connectivity index (χ4n) is 1.87. The lowest BCUT2D eigenvalue weighted by Gasteiger charge is -2.04. The summed E-state index contributed by atoms with van der Waals surface area (Å²) >= 11 is 1.71. The third-order valence-electron chi connectivity index (χ3n) is 2.74. The lowest BCUT2D eigenvalue weighted by Crippen LogP contribution is -2.05. The van der Waals surface area contributed by atoms with Crippen molar-refractivity contribution in [2.24, 2.45) is 0 Å². The molecule has 17 heavy (non-hydrogen) atoms. The Bertz CT molecular complexity index is 627. The highest BCUT2D eigenvalue weighted by molar-refractivity contribution is 7.07. The van der Waals surface area contributed by atoms with Gasteiger partial charge in [0.1, 0.15) is 5.52 Å². The SMILES string of the molecule is Nc1nc2cccnc2n1CCc1ccsc1. The van der Waals surface area contributed by atoms with Gasteiger partial charge < -0.3 is 5.73 Å². The van der Waals surface area contributed by atoms with Crippen LogP contribution in [-0.2, 0) is 13.0 Å². The number of hydrogen-bond donors (Lipinski definition) is 1. The van der Waals surface area contributed by atoms with Gasteiger partial charge in [-0.25, -0.2) is 9.97 Å². The topological polar surface area (TPSA) is 56.7 Å². The second kappa shape index (κ2) is 4.18. The first-order valence-electron chi connectivity index (χ1n) is 5.42. The van der Waals surface area contributed by atoms with Crippen LogP contribution < -0.4 is 5.73 Å². The lowest BCUT2D eigenvalue weighted by molar-refractivity contribution is 0.721. The summed E-state index contributed by atoms with van der Waals surface area (Å²) in [5.41, 5.74) is 8.95. The average molecular weight is 244 g/mol. The fraction of sp³-hybridized carbons (Fsp3) is 0.167. The molecule has 0 atom stereocenters. The van der Waals surface area contributed by atoms with Crippen LogP contribution in [0.25, 0.3) is 11.2 Å². The van der Waals surface area contributed by atoms with Crippen molar-refractivity contribution in [3.63, 3.8) is 0 Å². The maximum absolute atomic E-state index is 5.91. The van der Waals surface area contributed by atoms with Gasteiger partial charge in [0.05, 0.1) is 0 Å². The summed E-state index contributed by atoms with van der Waals surface area (Å²) in [7, 11) is 0. The molecule has 3 heterocycles. The van der Waals surface area contributed by atoms with Crippen molar-refractivity contribution in [2.75, 3.05) is 5.73 Å². The first kappa shape index (κ1) is 10.3. The number of nitrogens with two attached hydrogens (primary N) is 1. The normalized spacial score (nSPS) is 11.1. The largest absolute Gasteiger partial charge is 0.369 e. The molecule has 0 aliphatic heterocycles. The van der Waals surface area contributed by atoms with E-state index >= 15 is 0 Å². The summed E-state index contributed by atoms with van der Waals surface area (Å²) < 4.78 is 1.97. The van der Waals surface area contributed by atoms with E-state index in [0.29, 0.717) is 5.95 Å². The fourth-order valence-corrected chi connectivity index (χ4v) is 2.58. The number of thiophene rings is 1. The molecule has 0 radical (unpaired) electrons. The number of hydrogen-bond acceptors (Lipinski definition) is 4. The van der Waals surface area contributed by atoms with Crippen molar-refractivity contribution >= 4 is 28.4 Å². The van der Waals surface area contributed by atoms with Gasteiger partial charge in [0.15, 0.2) is 5.65 Å². The van der Waals surface area contributed by atoms with Gasteiger partial charge in [-0.1, -0.05) is 0 Å². The van der Waals surface area contributed by atoms with Gasteiger partial charge in [0, 0.05) is 12.7 Å². The summed E-state index contributed by atoms with van der Waals surface area (Å²) in [5, 5.41) is 4.24. The molecular weight excluding hydrogens is 232 g/mol. The van der Waals surface area contributed by atoms with Crippen LogP contribution in [0.2, 0.25) is 0 Å². The van der Waals surface area contributed by atoms with Crippen LogP contribution >= 0.6 is 11.3 Å². The summed E-state index contributed by atoms with van der Waals surface area (Å²) in [4.78, 5) is 8.62. The minimum Gasteiger partial charge on any atom is -0.369 e. The summed E-state index contributed by atoms with van der Waals surface area (Å²) in [6.45, 7) is 0.816. The molecule has 86 valence electrons. The molecule has 0 unspecified atom stereocenters. The standard InChI is InChI=1S/C12H12N4S/c13-12-15-10-2-1-5-14-11(10)16(12)6-3-9-4-7-17-8-9/h1-2,4-5,7-8H,3,6H2,(H2,13,15). The molecule has 5 heteroatoms. The first-order chi connectivity index (χ1) is 8.34. The number of imidazole rings is 1. The third-order valence-corrected chi connectivity index (χ3v) is 3.47. The molecule has 0 saturated carbocycles. The molecule has 0 spiro atoms. The van der Waals surface area contributed by atoms with E-state index in [2.05, 4.69) is 26.8 Å². The van der Waals surface area contributed by atoms with Gasteiger partial charge in [-0.05, 0) is 40.9 Å². The van der Waals surface area contributed by atoms with Gasteiger partial charge in [-0.2, -0.15) is 11.3 Å². The maximum atomic E-state index is 5.91. The number of pyridine rings is 1. The molecule has 3 rings (SSSR count). The van der Waals surface area contributed by atoms with Crippen molar-refractivity contribution < 1.29 is 0 Å². The number of rotatable bonds is 3. The van der Waals surface area contributed by atoms with Gasteiger partial charge in [-0.3, -0.25) is 4.57 Å². The van der Waals surface area contributed by atoms with E-state index in [1.807, 2.05) is 16.7 Å². The molecule has 0 fully saturated rings. The van der Waals surface area contributed by atoms with Crippen LogP contribution in [0.5, 0.6) is 0 Å². The molecule has 0 saturated heterocycles. The minimum atomic E-state index is 0.536. The Hall–Kier alpha value is -1.88. The Labute approximate surface area is 103 Å². The highest BCUT2D eigenvalue weighted by atomic mass is 32.1. The van der Waals surface area contributed by atoms with Crippen molar-refractivity contribution in [2.45, 2.75) is 13.0 Å². The predicted molar refractivity (Wildman–Crippen MR) is 70.0 cm³/mol. The molecule has 0 bridgehead atoms. The molecule has 2 N–H and O–H groups in total. The summed E-state index contributed by atoms with van der Waals surface area (Å²) in [6.07, 6.45) is 2.72. The molecule has 0 aliphatic carbocycles. The van der Waals surface area contributed by atoms with Crippen LogP contribution in [-0.4, -0.2) is 14.5 Å². The van der Waals surface area contributed by atoms with Crippen LogP contribution in [0.15, 0.2) is 35.2 Å². The van der Waals surface area contributed by atoms with Crippen molar-refractivity contribution in [1.82, 2.24) is 14.5 Å². The lowest BCUT2D eigenvalue weighted by atomic mass is 10.2. The Balaban J connectivity index is 1.92. The molecule has 0 aromatic carbocycles. The number of nitrogen functional groups attached to an aromatic ring is 1. The van der Waals surface area contributed by atoms with Crippen LogP contribution in [0.3, 0.4) is 0 Å². The summed E-state index contributed by atoms with van der Waals surface area (Å²) in [5.74, 6) is 0.536. The predicted octanol–water partition coefficient (Wildman–Crippen LogP) is 2.32. The Morgan fingerprint density at radius 2 is 2.29 bits per heavy atom. The summed E-state index contributed by atoms with van der Waals surface area (Å²) in [6, 6.07) is 5.94. The first-order valence-corrected chi connectivity index (χ1v) is 6.36. The van der Waals surface area contributed by atoms with Crippen LogP contribution in [0.4, 0.5) is 5.95 Å². The number of aryl methyl sites for hydroxylation is 2. The van der Waals surface area contributed by atoms with Crippen molar-refractivity contribution in [3.8, 4) is 0 Å². The number of nitrogens with zero attached hydrogens (tertiary/aromatic N) is 3. The van der Waals surface area contributed by atoms with E-state index in [0.717, 1.165) is 24.1 Å². The van der Waals surface area contributed by atoms with Crippen molar-refractivity contribution in [3.05, 3.63) is 40.7 Å². The molecule has 0 amide bonds. The Kier molecular flexibility index (Phi) is 2.53. The third kappa shape index (κ3) is 1.89. The zero-order valence-electron chi connectivity index (χ0n) is 9.21. The van der Waals surface area contributed by atoms with E-state index in [1.54, 1.807) is 17.5 Å². The number of anilines is 1. The highest BCUT2D eigenvalue weighted by Gasteiger charge is 2.08. The molecule has 3 aromatic rings. The quantitative estimate of drug-likeness (QED) is 0.769. The maximum Gasteiger partial charge on any atom is 0.202 e. The molecular formula is C12H12N4S. The minimum absolute atomic E-state index is 0.536. The van der Waals surface area contributed by atoms with Gasteiger partial charge in [0.2, 0.25) is 5.95 Å². The molecule has 0 aliphatic rings. The van der Waals surface area contributed by atoms with E-state index in [1.165, 1.54) is 5.56 Å². The van der Waals surface area contributed by atoms with Gasteiger partial charge in [0.25, 0.3) is 0 Å². The average Bonchev–Trinajstić information content (AvgIpc) is 2.93. The Morgan fingerprint density at radius 1 is 1.35 bits per heavy atom. The van der Waals surface area contributed by atoms with Gasteiger partial charge in [-0.15, -0.1) is 0 Å². The van der Waals surface area contributed by atoms with Crippen molar-refractivity contribution in [1.29, 1.82) is 0 Å². The van der Waals surface area contributed by atoms with E-state index in [9.17, 15) is 0 Å². The highest BCUT2D eigenvalue weighted by Crippen LogP contribution is 2.16. The van der Waals surface area contributed by atoms with E-state index in [-0.39, 0.29) is 0 Å². The van der Waals surface area contributed by atoms with Gasteiger partial charge >= 0.3 is 0 Å². The molecule has 3 aromatic heterocycles. The smallest absolute Gasteiger partial charge is 0.202 e. The second-order valence-corrected chi connectivity index (χ2v) is 4.63.